The van der Waals surface area contributed by atoms with Gasteiger partial charge in [0.2, 0.25) is 0 Å². The summed E-state index contributed by atoms with van der Waals surface area (Å²) in [4.78, 5) is 11.0. The molecule has 0 aliphatic carbocycles. The van der Waals surface area contributed by atoms with Gasteiger partial charge in [0.25, 0.3) is 10.0 Å². The number of aromatic carboxylic acids is 1. The summed E-state index contributed by atoms with van der Waals surface area (Å²) in [6.45, 7) is 1.61. The lowest BCUT2D eigenvalue weighted by molar-refractivity contribution is 0.0696. The predicted molar refractivity (Wildman–Crippen MR) is 81.0 cm³/mol. The first-order chi connectivity index (χ1) is 9.31. The van der Waals surface area contributed by atoms with E-state index in [2.05, 4.69) is 20.7 Å². The van der Waals surface area contributed by atoms with E-state index >= 15 is 0 Å². The van der Waals surface area contributed by atoms with Gasteiger partial charge in [-0.2, -0.15) is 11.3 Å². The van der Waals surface area contributed by atoms with Crippen LogP contribution in [0.5, 0.6) is 0 Å². The van der Waals surface area contributed by atoms with Crippen LogP contribution in [0, 0.1) is 6.92 Å². The maximum absolute atomic E-state index is 12.3. The Morgan fingerprint density at radius 1 is 1.40 bits per heavy atom. The van der Waals surface area contributed by atoms with Crippen molar-refractivity contribution in [3.8, 4) is 0 Å². The highest BCUT2D eigenvalue weighted by Gasteiger charge is 2.21. The quantitative estimate of drug-likeness (QED) is 0.858. The fourth-order valence-electron chi connectivity index (χ4n) is 1.59. The molecule has 2 rings (SSSR count). The van der Waals surface area contributed by atoms with Gasteiger partial charge in [0.1, 0.15) is 0 Å². The van der Waals surface area contributed by atoms with Crippen molar-refractivity contribution in [1.82, 2.24) is 0 Å². The third-order valence-electron chi connectivity index (χ3n) is 2.61. The summed E-state index contributed by atoms with van der Waals surface area (Å²) in [6.07, 6.45) is 0. The van der Waals surface area contributed by atoms with Crippen LogP contribution >= 0.6 is 27.3 Å². The summed E-state index contributed by atoms with van der Waals surface area (Å²) in [6, 6.07) is 4.16. The maximum Gasteiger partial charge on any atom is 0.335 e. The van der Waals surface area contributed by atoms with Crippen LogP contribution in [0.2, 0.25) is 0 Å². The van der Waals surface area contributed by atoms with E-state index in [4.69, 9.17) is 5.11 Å². The van der Waals surface area contributed by atoms with Gasteiger partial charge in [0.05, 0.1) is 16.1 Å². The minimum absolute atomic E-state index is 0.0597. The first-order valence-electron chi connectivity index (χ1n) is 5.40. The van der Waals surface area contributed by atoms with Crippen LogP contribution in [0.25, 0.3) is 0 Å². The lowest BCUT2D eigenvalue weighted by atomic mass is 10.1. The van der Waals surface area contributed by atoms with Gasteiger partial charge in [-0.25, -0.2) is 13.2 Å². The van der Waals surface area contributed by atoms with Crippen molar-refractivity contribution < 1.29 is 18.3 Å². The molecule has 0 saturated carbocycles. The highest BCUT2D eigenvalue weighted by atomic mass is 79.9. The molecule has 0 fully saturated rings. The second kappa shape index (κ2) is 5.55. The van der Waals surface area contributed by atoms with Crippen molar-refractivity contribution in [1.29, 1.82) is 0 Å². The van der Waals surface area contributed by atoms with Gasteiger partial charge in [-0.1, -0.05) is 15.9 Å². The summed E-state index contributed by atoms with van der Waals surface area (Å²) in [5.74, 6) is -1.18. The Morgan fingerprint density at radius 2 is 2.10 bits per heavy atom. The van der Waals surface area contributed by atoms with E-state index < -0.39 is 16.0 Å². The fourth-order valence-corrected chi connectivity index (χ4v) is 4.19. The number of rotatable bonds is 4. The highest BCUT2D eigenvalue weighted by Crippen LogP contribution is 2.27. The lowest BCUT2D eigenvalue weighted by Gasteiger charge is -2.11. The lowest BCUT2D eigenvalue weighted by Crippen LogP contribution is -2.15. The number of carboxylic acids is 1. The van der Waals surface area contributed by atoms with Crippen molar-refractivity contribution in [2.75, 3.05) is 4.72 Å². The van der Waals surface area contributed by atoms with Gasteiger partial charge in [-0.05, 0) is 36.1 Å². The van der Waals surface area contributed by atoms with Crippen LogP contribution in [0.1, 0.15) is 15.9 Å². The number of hydrogen-bond acceptors (Lipinski definition) is 4. The van der Waals surface area contributed by atoms with Crippen LogP contribution in [0.3, 0.4) is 0 Å². The number of carboxylic acid groups (broad SMARTS) is 1. The number of thiophene rings is 1. The van der Waals surface area contributed by atoms with Crippen LogP contribution < -0.4 is 4.72 Å². The zero-order chi connectivity index (χ0) is 14.9. The average molecular weight is 376 g/mol. The van der Waals surface area contributed by atoms with Crippen LogP contribution in [0.4, 0.5) is 5.69 Å². The van der Waals surface area contributed by atoms with E-state index in [1.54, 1.807) is 23.8 Å². The SMILES string of the molecule is Cc1c(Br)cc(C(=O)O)cc1S(=O)(=O)Nc1ccsc1. The van der Waals surface area contributed by atoms with Crippen LogP contribution in [-0.4, -0.2) is 19.5 Å². The van der Waals surface area contributed by atoms with E-state index in [0.29, 0.717) is 15.7 Å². The van der Waals surface area contributed by atoms with E-state index in [1.165, 1.54) is 17.4 Å². The molecule has 0 atom stereocenters. The number of halogens is 1. The molecule has 0 aliphatic heterocycles. The van der Waals surface area contributed by atoms with Crippen molar-refractivity contribution in [2.45, 2.75) is 11.8 Å². The van der Waals surface area contributed by atoms with Crippen molar-refractivity contribution in [3.05, 3.63) is 44.6 Å². The second-order valence-electron chi connectivity index (χ2n) is 4.00. The molecule has 0 amide bonds. The molecular weight excluding hydrogens is 366 g/mol. The Bertz CT molecular complexity index is 754. The summed E-state index contributed by atoms with van der Waals surface area (Å²) in [5.41, 5.74) is 0.817. The Kier molecular flexibility index (Phi) is 4.17. The summed E-state index contributed by atoms with van der Waals surface area (Å²) in [7, 11) is -3.83. The van der Waals surface area contributed by atoms with E-state index in [0.717, 1.165) is 6.07 Å². The predicted octanol–water partition coefficient (Wildman–Crippen LogP) is 3.32. The molecule has 2 N–H and O–H groups in total. The zero-order valence-electron chi connectivity index (χ0n) is 10.3. The zero-order valence-corrected chi connectivity index (χ0v) is 13.5. The minimum atomic E-state index is -3.83. The molecule has 1 aromatic carbocycles. The summed E-state index contributed by atoms with van der Waals surface area (Å²) >= 11 is 4.54. The molecule has 0 aliphatic rings. The van der Waals surface area contributed by atoms with Crippen LogP contribution in [-0.2, 0) is 10.0 Å². The summed E-state index contributed by atoms with van der Waals surface area (Å²) < 4.78 is 27.5. The normalized spacial score (nSPS) is 11.3. The molecule has 8 heteroatoms. The molecule has 0 unspecified atom stereocenters. The Labute approximate surface area is 128 Å². The van der Waals surface area contributed by atoms with Gasteiger partial charge in [0, 0.05) is 9.85 Å². The molecule has 5 nitrogen and oxygen atoms in total. The third-order valence-corrected chi connectivity index (χ3v) is 5.62. The van der Waals surface area contributed by atoms with Gasteiger partial charge in [-0.15, -0.1) is 0 Å². The van der Waals surface area contributed by atoms with E-state index in [9.17, 15) is 13.2 Å². The first-order valence-corrected chi connectivity index (χ1v) is 8.61. The number of anilines is 1. The molecule has 0 bridgehead atoms. The fraction of sp³-hybridized carbons (Fsp3) is 0.0833. The molecule has 0 spiro atoms. The average Bonchev–Trinajstić information content (AvgIpc) is 2.83. The van der Waals surface area contributed by atoms with Gasteiger partial charge >= 0.3 is 5.97 Å². The molecule has 1 heterocycles. The number of benzene rings is 1. The van der Waals surface area contributed by atoms with Crippen LogP contribution in [0.15, 0.2) is 38.3 Å². The molecule has 20 heavy (non-hydrogen) atoms. The summed E-state index contributed by atoms with van der Waals surface area (Å²) in [5, 5.41) is 12.4. The van der Waals surface area contributed by atoms with Gasteiger partial charge < -0.3 is 5.11 Å². The number of nitrogens with one attached hydrogen (secondary N) is 1. The van der Waals surface area contributed by atoms with Crippen molar-refractivity contribution in [2.24, 2.45) is 0 Å². The largest absolute Gasteiger partial charge is 0.478 e. The molecular formula is C12H10BrNO4S2. The van der Waals surface area contributed by atoms with E-state index in [-0.39, 0.29) is 10.5 Å². The molecule has 106 valence electrons. The molecule has 2 aromatic rings. The monoisotopic (exact) mass is 375 g/mol. The number of hydrogen-bond donors (Lipinski definition) is 2. The minimum Gasteiger partial charge on any atom is -0.478 e. The van der Waals surface area contributed by atoms with Crippen molar-refractivity contribution in [3.63, 3.8) is 0 Å². The Balaban J connectivity index is 2.53. The third kappa shape index (κ3) is 3.02. The highest BCUT2D eigenvalue weighted by molar-refractivity contribution is 9.10. The Morgan fingerprint density at radius 3 is 2.65 bits per heavy atom. The van der Waals surface area contributed by atoms with Crippen molar-refractivity contribution >= 4 is 48.9 Å². The van der Waals surface area contributed by atoms with Gasteiger partial charge in [-0.3, -0.25) is 4.72 Å². The maximum atomic E-state index is 12.3. The Hall–Kier alpha value is -1.38. The number of carbonyl (C=O) groups is 1. The smallest absolute Gasteiger partial charge is 0.335 e. The molecule has 0 saturated heterocycles. The molecule has 0 radical (unpaired) electrons. The van der Waals surface area contributed by atoms with E-state index in [1.807, 2.05) is 0 Å². The topological polar surface area (TPSA) is 83.5 Å². The standard InChI is InChI=1S/C12H10BrNO4S2/c1-7-10(13)4-8(12(15)16)5-11(7)20(17,18)14-9-2-3-19-6-9/h2-6,14H,1H3,(H,15,16). The first kappa shape index (κ1) is 15.0. The number of sulfonamides is 1. The molecule has 1 aromatic heterocycles. The second-order valence-corrected chi connectivity index (χ2v) is 7.29. The van der Waals surface area contributed by atoms with Gasteiger partial charge in [0.15, 0.2) is 0 Å².